The summed E-state index contributed by atoms with van der Waals surface area (Å²) in [6.45, 7) is 1.97. The Morgan fingerprint density at radius 1 is 1.22 bits per heavy atom. The SMILES string of the molecule is CC(N)Cc1ccc(Sc2ccc(F)cc2)nc1. The van der Waals surface area contributed by atoms with Crippen molar-refractivity contribution in [3.8, 4) is 0 Å². The zero-order valence-electron chi connectivity index (χ0n) is 10.1. The van der Waals surface area contributed by atoms with Crippen molar-refractivity contribution in [3.63, 3.8) is 0 Å². The molecule has 2 N–H and O–H groups in total. The van der Waals surface area contributed by atoms with Gasteiger partial charge in [-0.3, -0.25) is 0 Å². The quantitative estimate of drug-likeness (QED) is 0.919. The Bertz CT molecular complexity index is 494. The van der Waals surface area contributed by atoms with E-state index in [0.29, 0.717) is 0 Å². The van der Waals surface area contributed by atoms with E-state index >= 15 is 0 Å². The van der Waals surface area contributed by atoms with Crippen LogP contribution in [0.4, 0.5) is 4.39 Å². The van der Waals surface area contributed by atoms with Gasteiger partial charge in [0.05, 0.1) is 0 Å². The summed E-state index contributed by atoms with van der Waals surface area (Å²) in [5.74, 6) is -0.223. The van der Waals surface area contributed by atoms with E-state index in [1.165, 1.54) is 23.9 Å². The van der Waals surface area contributed by atoms with Crippen molar-refractivity contribution >= 4 is 11.8 Å². The van der Waals surface area contributed by atoms with E-state index in [-0.39, 0.29) is 11.9 Å². The van der Waals surface area contributed by atoms with Gasteiger partial charge in [-0.1, -0.05) is 17.8 Å². The van der Waals surface area contributed by atoms with Crippen LogP contribution in [0.15, 0.2) is 52.5 Å². The van der Waals surface area contributed by atoms with Crippen LogP contribution in [-0.2, 0) is 6.42 Å². The van der Waals surface area contributed by atoms with Gasteiger partial charge < -0.3 is 5.73 Å². The molecule has 0 bridgehead atoms. The summed E-state index contributed by atoms with van der Waals surface area (Å²) in [6, 6.07) is 10.5. The predicted molar refractivity (Wildman–Crippen MR) is 72.1 cm³/mol. The van der Waals surface area contributed by atoms with E-state index in [9.17, 15) is 4.39 Å². The van der Waals surface area contributed by atoms with Gasteiger partial charge >= 0.3 is 0 Å². The molecule has 1 aromatic carbocycles. The van der Waals surface area contributed by atoms with Crippen LogP contribution in [0.1, 0.15) is 12.5 Å². The van der Waals surface area contributed by atoms with Crippen LogP contribution < -0.4 is 5.73 Å². The molecule has 1 aromatic heterocycles. The molecule has 4 heteroatoms. The maximum Gasteiger partial charge on any atom is 0.123 e. The van der Waals surface area contributed by atoms with E-state index in [0.717, 1.165) is 21.9 Å². The maximum atomic E-state index is 12.8. The van der Waals surface area contributed by atoms with Gasteiger partial charge in [0.2, 0.25) is 0 Å². The molecular formula is C14H15FN2S. The van der Waals surface area contributed by atoms with Crippen LogP contribution >= 0.6 is 11.8 Å². The second-order valence-corrected chi connectivity index (χ2v) is 5.34. The highest BCUT2D eigenvalue weighted by Crippen LogP contribution is 2.25. The van der Waals surface area contributed by atoms with Gasteiger partial charge in [0, 0.05) is 17.1 Å². The normalized spacial score (nSPS) is 12.4. The van der Waals surface area contributed by atoms with Crippen LogP contribution in [-0.4, -0.2) is 11.0 Å². The molecule has 0 fully saturated rings. The molecular weight excluding hydrogens is 247 g/mol. The van der Waals surface area contributed by atoms with Crippen LogP contribution in [0.2, 0.25) is 0 Å². The number of benzene rings is 1. The number of hydrogen-bond acceptors (Lipinski definition) is 3. The fourth-order valence-electron chi connectivity index (χ4n) is 1.59. The summed E-state index contributed by atoms with van der Waals surface area (Å²) >= 11 is 1.51. The van der Waals surface area contributed by atoms with Crippen molar-refractivity contribution in [2.24, 2.45) is 5.73 Å². The molecule has 0 aliphatic heterocycles. The Hall–Kier alpha value is -1.39. The molecule has 2 rings (SSSR count). The van der Waals surface area contributed by atoms with E-state index < -0.39 is 0 Å². The summed E-state index contributed by atoms with van der Waals surface area (Å²) in [7, 11) is 0. The van der Waals surface area contributed by atoms with E-state index in [1.54, 1.807) is 12.1 Å². The molecule has 0 saturated carbocycles. The molecule has 0 spiro atoms. The molecule has 1 heterocycles. The number of halogens is 1. The minimum atomic E-state index is -0.223. The van der Waals surface area contributed by atoms with Crippen molar-refractivity contribution in [3.05, 3.63) is 54.0 Å². The van der Waals surface area contributed by atoms with E-state index in [1.807, 2.05) is 25.3 Å². The molecule has 0 saturated heterocycles. The van der Waals surface area contributed by atoms with Gasteiger partial charge in [-0.25, -0.2) is 9.37 Å². The fraction of sp³-hybridized carbons (Fsp3) is 0.214. The zero-order valence-corrected chi connectivity index (χ0v) is 11.0. The topological polar surface area (TPSA) is 38.9 Å². The molecule has 2 aromatic rings. The van der Waals surface area contributed by atoms with Gasteiger partial charge in [0.15, 0.2) is 0 Å². The van der Waals surface area contributed by atoms with Gasteiger partial charge in [0.25, 0.3) is 0 Å². The molecule has 94 valence electrons. The van der Waals surface area contributed by atoms with Crippen molar-refractivity contribution in [1.29, 1.82) is 0 Å². The molecule has 1 atom stereocenters. The first-order valence-electron chi connectivity index (χ1n) is 5.77. The monoisotopic (exact) mass is 262 g/mol. The summed E-state index contributed by atoms with van der Waals surface area (Å²) in [4.78, 5) is 5.34. The Kier molecular flexibility index (Phi) is 4.33. The summed E-state index contributed by atoms with van der Waals surface area (Å²) in [5.41, 5.74) is 6.86. The highest BCUT2D eigenvalue weighted by molar-refractivity contribution is 7.99. The second-order valence-electron chi connectivity index (χ2n) is 4.24. The number of rotatable bonds is 4. The average Bonchev–Trinajstić information content (AvgIpc) is 2.34. The lowest BCUT2D eigenvalue weighted by atomic mass is 10.1. The number of pyridine rings is 1. The predicted octanol–water partition coefficient (Wildman–Crippen LogP) is 3.26. The van der Waals surface area contributed by atoms with Crippen LogP contribution in [0, 0.1) is 5.82 Å². The van der Waals surface area contributed by atoms with Crippen LogP contribution in [0.3, 0.4) is 0 Å². The first-order valence-corrected chi connectivity index (χ1v) is 6.59. The average molecular weight is 262 g/mol. The fourth-order valence-corrected chi connectivity index (χ4v) is 2.34. The maximum absolute atomic E-state index is 12.8. The van der Waals surface area contributed by atoms with E-state index in [2.05, 4.69) is 4.98 Å². The minimum absolute atomic E-state index is 0.141. The molecule has 0 radical (unpaired) electrons. The highest BCUT2D eigenvalue weighted by atomic mass is 32.2. The first kappa shape index (κ1) is 13.1. The van der Waals surface area contributed by atoms with E-state index in [4.69, 9.17) is 5.73 Å². The summed E-state index contributed by atoms with van der Waals surface area (Å²) in [5, 5.41) is 0.898. The lowest BCUT2D eigenvalue weighted by Gasteiger charge is -2.05. The molecule has 1 unspecified atom stereocenters. The molecule has 0 aliphatic rings. The van der Waals surface area contributed by atoms with Gasteiger partial charge in [-0.15, -0.1) is 0 Å². The minimum Gasteiger partial charge on any atom is -0.328 e. The van der Waals surface area contributed by atoms with Crippen molar-refractivity contribution in [2.45, 2.75) is 29.3 Å². The molecule has 0 amide bonds. The number of aromatic nitrogens is 1. The van der Waals surface area contributed by atoms with Gasteiger partial charge in [-0.05, 0) is 49.2 Å². The molecule has 2 nitrogen and oxygen atoms in total. The Morgan fingerprint density at radius 3 is 2.50 bits per heavy atom. The summed E-state index contributed by atoms with van der Waals surface area (Å²) in [6.07, 6.45) is 2.67. The largest absolute Gasteiger partial charge is 0.328 e. The molecule has 18 heavy (non-hydrogen) atoms. The third-order valence-corrected chi connectivity index (χ3v) is 3.35. The Labute approximate surface area is 110 Å². The zero-order chi connectivity index (χ0) is 13.0. The van der Waals surface area contributed by atoms with Crippen LogP contribution in [0.5, 0.6) is 0 Å². The lowest BCUT2D eigenvalue weighted by Crippen LogP contribution is -2.17. The van der Waals surface area contributed by atoms with Crippen molar-refractivity contribution in [2.75, 3.05) is 0 Å². The Balaban J connectivity index is 2.04. The lowest BCUT2D eigenvalue weighted by molar-refractivity contribution is 0.626. The summed E-state index contributed by atoms with van der Waals surface area (Å²) < 4.78 is 12.8. The number of nitrogens with two attached hydrogens (primary N) is 1. The smallest absolute Gasteiger partial charge is 0.123 e. The number of hydrogen-bond donors (Lipinski definition) is 1. The number of nitrogens with zero attached hydrogens (tertiary/aromatic N) is 1. The first-order chi connectivity index (χ1) is 8.63. The van der Waals surface area contributed by atoms with Crippen LogP contribution in [0.25, 0.3) is 0 Å². The third-order valence-electron chi connectivity index (χ3n) is 2.39. The standard InChI is InChI=1S/C14H15FN2S/c1-10(16)8-11-2-7-14(17-9-11)18-13-5-3-12(15)4-6-13/h2-7,9-10H,8,16H2,1H3. The molecule has 0 aliphatic carbocycles. The van der Waals surface area contributed by atoms with Crippen molar-refractivity contribution < 1.29 is 4.39 Å². The Morgan fingerprint density at radius 2 is 1.94 bits per heavy atom. The van der Waals surface area contributed by atoms with Gasteiger partial charge in [0.1, 0.15) is 10.8 Å². The van der Waals surface area contributed by atoms with Crippen molar-refractivity contribution in [1.82, 2.24) is 4.98 Å². The van der Waals surface area contributed by atoms with Gasteiger partial charge in [-0.2, -0.15) is 0 Å². The second kappa shape index (κ2) is 5.98. The third kappa shape index (κ3) is 3.82. The highest BCUT2D eigenvalue weighted by Gasteiger charge is 2.01.